The molecule has 0 radical (unpaired) electrons. The van der Waals surface area contributed by atoms with E-state index in [0.717, 1.165) is 43.7 Å². The fraction of sp³-hybridized carbons (Fsp3) is 0.552. The number of nitrogens with one attached hydrogen (secondary N) is 1. The topological polar surface area (TPSA) is 87.2 Å². The van der Waals surface area contributed by atoms with Crippen LogP contribution in [0.5, 0.6) is 0 Å². The smallest absolute Gasteiger partial charge is 0.223 e. The molecule has 2 atom stereocenters. The van der Waals surface area contributed by atoms with Gasteiger partial charge in [0.1, 0.15) is 11.6 Å². The van der Waals surface area contributed by atoms with Crippen molar-refractivity contribution < 1.29 is 17.8 Å². The number of benzene rings is 2. The quantitative estimate of drug-likeness (QED) is 0.267. The summed E-state index contributed by atoms with van der Waals surface area (Å²) >= 11 is 0. The van der Waals surface area contributed by atoms with Crippen LogP contribution in [0, 0.1) is 16.4 Å². The number of carbonyl (C=O) groups is 1. The minimum atomic E-state index is -2.88. The van der Waals surface area contributed by atoms with Crippen LogP contribution in [0.25, 0.3) is 0 Å². The van der Waals surface area contributed by atoms with E-state index in [1.54, 1.807) is 4.90 Å². The van der Waals surface area contributed by atoms with Gasteiger partial charge in [0.05, 0.1) is 0 Å². The van der Waals surface area contributed by atoms with Crippen molar-refractivity contribution in [2.45, 2.75) is 90.0 Å². The molecule has 0 saturated carbocycles. The van der Waals surface area contributed by atoms with Crippen molar-refractivity contribution in [3.8, 4) is 0 Å². The fourth-order valence-electron chi connectivity index (χ4n) is 4.65. The standard InChI is InChI=1S/C29H43F2N3O2S/c1-4-8-28(9-5-2)37(33,36)15-13-29(35)34(21-23-11-7-10-22(6-3)16-23)14-12-27(32)19-24-17-25(30)20-26(31)18-24/h7,10-11,16-18,20,27-28,33H,4-6,8-9,12-15,19,21,32H2,1-3H3/t27-,37?/m1/s1. The average molecular weight is 536 g/mol. The highest BCUT2D eigenvalue weighted by Gasteiger charge is 2.23. The molecule has 0 saturated heterocycles. The third-order valence-electron chi connectivity index (χ3n) is 6.69. The number of hydrogen-bond acceptors (Lipinski definition) is 4. The van der Waals surface area contributed by atoms with Gasteiger partial charge in [0.25, 0.3) is 0 Å². The van der Waals surface area contributed by atoms with E-state index in [0.29, 0.717) is 25.1 Å². The molecule has 2 aromatic carbocycles. The lowest BCUT2D eigenvalue weighted by Gasteiger charge is -2.26. The Morgan fingerprint density at radius 2 is 1.59 bits per heavy atom. The van der Waals surface area contributed by atoms with E-state index in [1.165, 1.54) is 17.7 Å². The SMILES string of the molecule is CCCC(CCC)S(=N)(=O)CCC(=O)N(CC[C@@H](N)Cc1cc(F)cc(F)c1)Cc1cccc(CC)c1. The summed E-state index contributed by atoms with van der Waals surface area (Å²) in [6, 6.07) is 11.0. The second-order valence-electron chi connectivity index (χ2n) is 9.90. The van der Waals surface area contributed by atoms with E-state index in [9.17, 15) is 17.8 Å². The molecule has 1 amide bonds. The van der Waals surface area contributed by atoms with Crippen molar-refractivity contribution in [1.82, 2.24) is 4.90 Å². The molecule has 2 rings (SSSR count). The average Bonchev–Trinajstić information content (AvgIpc) is 2.84. The minimum absolute atomic E-state index is 0.0457. The summed E-state index contributed by atoms with van der Waals surface area (Å²) in [5.41, 5.74) is 8.93. The van der Waals surface area contributed by atoms with Crippen LogP contribution in [0.1, 0.15) is 76.0 Å². The summed E-state index contributed by atoms with van der Waals surface area (Å²) in [5.74, 6) is -1.38. The van der Waals surface area contributed by atoms with Gasteiger partial charge in [-0.05, 0) is 60.9 Å². The number of carbonyl (C=O) groups excluding carboxylic acids is 1. The number of rotatable bonds is 16. The number of hydrogen-bond donors (Lipinski definition) is 2. The van der Waals surface area contributed by atoms with E-state index in [4.69, 9.17) is 10.5 Å². The van der Waals surface area contributed by atoms with Crippen LogP contribution in [0.3, 0.4) is 0 Å². The number of nitrogens with two attached hydrogens (primary N) is 1. The molecule has 0 heterocycles. The third kappa shape index (κ3) is 10.5. The van der Waals surface area contributed by atoms with Gasteiger partial charge in [-0.1, -0.05) is 57.9 Å². The summed E-state index contributed by atoms with van der Waals surface area (Å²) in [6.45, 7) is 6.87. The molecule has 206 valence electrons. The molecule has 0 aliphatic carbocycles. The zero-order chi connectivity index (χ0) is 27.4. The van der Waals surface area contributed by atoms with Crippen LogP contribution in [-0.4, -0.2) is 38.6 Å². The highest BCUT2D eigenvalue weighted by Crippen LogP contribution is 2.19. The predicted octanol–water partition coefficient (Wildman–Crippen LogP) is 6.22. The van der Waals surface area contributed by atoms with Gasteiger partial charge in [-0.25, -0.2) is 13.0 Å². The first-order chi connectivity index (χ1) is 17.6. The van der Waals surface area contributed by atoms with Crippen molar-refractivity contribution in [3.63, 3.8) is 0 Å². The van der Waals surface area contributed by atoms with E-state index < -0.39 is 27.4 Å². The Labute approximate surface area is 221 Å². The molecule has 0 aromatic heterocycles. The summed E-state index contributed by atoms with van der Waals surface area (Å²) in [5, 5.41) is -0.190. The Bertz CT molecular complexity index is 1080. The first-order valence-corrected chi connectivity index (χ1v) is 15.2. The molecule has 8 heteroatoms. The Morgan fingerprint density at radius 3 is 2.19 bits per heavy atom. The molecular formula is C29H43F2N3O2S. The maximum absolute atomic E-state index is 13.6. The molecule has 0 fully saturated rings. The lowest BCUT2D eigenvalue weighted by molar-refractivity contribution is -0.131. The van der Waals surface area contributed by atoms with Crippen molar-refractivity contribution in [3.05, 3.63) is 70.8 Å². The molecule has 1 unspecified atom stereocenters. The minimum Gasteiger partial charge on any atom is -0.338 e. The Balaban J connectivity index is 2.11. The molecule has 0 spiro atoms. The van der Waals surface area contributed by atoms with Crippen molar-refractivity contribution in [1.29, 1.82) is 4.78 Å². The van der Waals surface area contributed by atoms with Crippen LogP contribution in [0.2, 0.25) is 0 Å². The predicted molar refractivity (Wildman–Crippen MR) is 148 cm³/mol. The molecule has 37 heavy (non-hydrogen) atoms. The summed E-state index contributed by atoms with van der Waals surface area (Å²) in [4.78, 5) is 15.0. The highest BCUT2D eigenvalue weighted by atomic mass is 32.2. The van der Waals surface area contributed by atoms with Crippen molar-refractivity contribution in [2.75, 3.05) is 12.3 Å². The lowest BCUT2D eigenvalue weighted by atomic mass is 10.0. The molecule has 0 aliphatic heterocycles. The third-order valence-corrected chi connectivity index (χ3v) is 9.05. The van der Waals surface area contributed by atoms with Gasteiger partial charge >= 0.3 is 0 Å². The van der Waals surface area contributed by atoms with Crippen molar-refractivity contribution >= 4 is 15.6 Å². The maximum atomic E-state index is 13.6. The molecular weight excluding hydrogens is 492 g/mol. The number of halogens is 2. The first-order valence-electron chi connectivity index (χ1n) is 13.4. The van der Waals surface area contributed by atoms with Crippen LogP contribution >= 0.6 is 0 Å². The van der Waals surface area contributed by atoms with E-state index in [-0.39, 0.29) is 29.8 Å². The van der Waals surface area contributed by atoms with Crippen molar-refractivity contribution in [2.24, 2.45) is 5.73 Å². The second kappa shape index (κ2) is 15.2. The monoisotopic (exact) mass is 535 g/mol. The van der Waals surface area contributed by atoms with Crippen LogP contribution in [-0.2, 0) is 33.9 Å². The first kappa shape index (κ1) is 30.9. The zero-order valence-electron chi connectivity index (χ0n) is 22.5. The van der Waals surface area contributed by atoms with Crippen LogP contribution in [0.4, 0.5) is 8.78 Å². The normalized spacial score (nSPS) is 13.9. The van der Waals surface area contributed by atoms with Gasteiger partial charge < -0.3 is 10.6 Å². The molecule has 3 N–H and O–H groups in total. The lowest BCUT2D eigenvalue weighted by Crippen LogP contribution is -2.37. The fourth-order valence-corrected chi connectivity index (χ4v) is 6.69. The summed E-state index contributed by atoms with van der Waals surface area (Å²) < 4.78 is 48.8. The Hall–Kier alpha value is -2.32. The number of nitrogens with zero attached hydrogens (tertiary/aromatic N) is 1. The van der Waals surface area contributed by atoms with Gasteiger partial charge in [0, 0.05) is 52.4 Å². The Kier molecular flexibility index (Phi) is 12.7. The molecule has 2 aromatic rings. The van der Waals surface area contributed by atoms with E-state index in [1.807, 2.05) is 32.0 Å². The summed E-state index contributed by atoms with van der Waals surface area (Å²) in [6.07, 6.45) is 4.85. The van der Waals surface area contributed by atoms with Gasteiger partial charge in [-0.2, -0.15) is 0 Å². The Morgan fingerprint density at radius 1 is 0.973 bits per heavy atom. The second-order valence-corrected chi connectivity index (χ2v) is 12.4. The van der Waals surface area contributed by atoms with E-state index in [2.05, 4.69) is 13.0 Å². The molecule has 5 nitrogen and oxygen atoms in total. The van der Waals surface area contributed by atoms with E-state index >= 15 is 0 Å². The van der Waals surface area contributed by atoms with Gasteiger partial charge in [-0.3, -0.25) is 9.57 Å². The maximum Gasteiger partial charge on any atom is 0.223 e. The number of aryl methyl sites for hydroxylation is 1. The van der Waals surface area contributed by atoms with Crippen LogP contribution in [0.15, 0.2) is 42.5 Å². The van der Waals surface area contributed by atoms with Crippen LogP contribution < -0.4 is 5.73 Å². The molecule has 0 aliphatic rings. The largest absolute Gasteiger partial charge is 0.338 e. The van der Waals surface area contributed by atoms with Gasteiger partial charge in [0.2, 0.25) is 5.91 Å². The van der Waals surface area contributed by atoms with Gasteiger partial charge in [-0.15, -0.1) is 0 Å². The molecule has 0 bridgehead atoms. The zero-order valence-corrected chi connectivity index (χ0v) is 23.3. The highest BCUT2D eigenvalue weighted by molar-refractivity contribution is 7.93. The number of amides is 1. The van der Waals surface area contributed by atoms with Gasteiger partial charge in [0.15, 0.2) is 0 Å². The summed E-state index contributed by atoms with van der Waals surface area (Å²) in [7, 11) is -2.88.